The van der Waals surface area contributed by atoms with E-state index >= 15 is 0 Å². The fourth-order valence-electron chi connectivity index (χ4n) is 3.68. The summed E-state index contributed by atoms with van der Waals surface area (Å²) >= 11 is 0. The molecule has 1 aliphatic heterocycles. The fourth-order valence-corrected chi connectivity index (χ4v) is 3.68. The average molecular weight is 422 g/mol. The highest BCUT2D eigenvalue weighted by atomic mass is 16.5. The zero-order valence-corrected chi connectivity index (χ0v) is 17.7. The Labute approximate surface area is 181 Å². The maximum absolute atomic E-state index is 12.6. The van der Waals surface area contributed by atoms with Crippen LogP contribution >= 0.6 is 0 Å². The van der Waals surface area contributed by atoms with Crippen LogP contribution in [0.2, 0.25) is 0 Å². The number of rotatable bonds is 7. The molecule has 0 aliphatic carbocycles. The van der Waals surface area contributed by atoms with Gasteiger partial charge in [-0.05, 0) is 56.0 Å². The van der Waals surface area contributed by atoms with E-state index in [4.69, 9.17) is 15.2 Å². The number of ketones is 1. The van der Waals surface area contributed by atoms with Crippen LogP contribution in [-0.4, -0.2) is 48.8 Å². The lowest BCUT2D eigenvalue weighted by Crippen LogP contribution is -2.36. The van der Waals surface area contributed by atoms with E-state index < -0.39 is 11.9 Å². The average Bonchev–Trinajstić information content (AvgIpc) is 3.22. The van der Waals surface area contributed by atoms with E-state index in [9.17, 15) is 9.59 Å². The Morgan fingerprint density at radius 2 is 1.87 bits per heavy atom. The molecule has 0 bridgehead atoms. The number of hydrogen-bond donors (Lipinski definition) is 2. The van der Waals surface area contributed by atoms with Crippen molar-refractivity contribution in [3.63, 3.8) is 0 Å². The molecule has 3 rings (SSSR count). The second-order valence-electron chi connectivity index (χ2n) is 7.23. The van der Waals surface area contributed by atoms with Crippen LogP contribution in [0.15, 0.2) is 37.1 Å². The van der Waals surface area contributed by atoms with Gasteiger partial charge in [-0.2, -0.15) is 5.10 Å². The summed E-state index contributed by atoms with van der Waals surface area (Å²) in [5, 5.41) is 7.75. The third-order valence-corrected chi connectivity index (χ3v) is 5.28. The summed E-state index contributed by atoms with van der Waals surface area (Å²) in [6.07, 6.45) is 4.44. The molecule has 0 spiro atoms. The number of nitrogens with one attached hydrogen (secondary N) is 1. The van der Waals surface area contributed by atoms with Gasteiger partial charge >= 0.3 is 0 Å². The standard InChI is InChI=1S/C23H26N4O4/c1-4-21(28)22(16-7-9-25-10-8-16)27-14-19(23(24)29)20(26-27)6-5-15-11-17(30-2)13-18(12-15)31-3/h4,11-14,16,22,25H,1,7-10H2,2-3H3,(H2,24,29). The van der Waals surface area contributed by atoms with E-state index in [0.717, 1.165) is 25.9 Å². The summed E-state index contributed by atoms with van der Waals surface area (Å²) in [4.78, 5) is 24.7. The number of primary amides is 1. The number of allylic oxidation sites excluding steroid dienone is 1. The van der Waals surface area contributed by atoms with E-state index in [0.29, 0.717) is 17.1 Å². The molecule has 8 heteroatoms. The van der Waals surface area contributed by atoms with Crippen LogP contribution in [0.5, 0.6) is 11.5 Å². The molecule has 2 aromatic rings. The van der Waals surface area contributed by atoms with Crippen LogP contribution in [0.4, 0.5) is 0 Å². The van der Waals surface area contributed by atoms with Gasteiger partial charge in [0.25, 0.3) is 5.91 Å². The van der Waals surface area contributed by atoms with E-state index in [1.807, 2.05) is 0 Å². The monoisotopic (exact) mass is 422 g/mol. The maximum atomic E-state index is 12.6. The van der Waals surface area contributed by atoms with E-state index in [-0.39, 0.29) is 23.0 Å². The van der Waals surface area contributed by atoms with Crippen LogP contribution in [-0.2, 0) is 4.79 Å². The van der Waals surface area contributed by atoms with Gasteiger partial charge in [-0.25, -0.2) is 0 Å². The first-order valence-corrected chi connectivity index (χ1v) is 9.97. The lowest BCUT2D eigenvalue weighted by atomic mass is 9.88. The molecule has 1 unspecified atom stereocenters. The SMILES string of the molecule is C=CC(=O)C(C1CCNCC1)n1cc(C(N)=O)c(C#Cc2cc(OC)cc(OC)c2)n1. The summed E-state index contributed by atoms with van der Waals surface area (Å²) in [5.74, 6) is 6.33. The summed E-state index contributed by atoms with van der Waals surface area (Å²) in [7, 11) is 3.10. The Kier molecular flexibility index (Phi) is 7.11. The van der Waals surface area contributed by atoms with Crippen molar-refractivity contribution < 1.29 is 19.1 Å². The molecular formula is C23H26N4O4. The van der Waals surface area contributed by atoms with Gasteiger partial charge in [0, 0.05) is 17.8 Å². The minimum atomic E-state index is -0.658. The van der Waals surface area contributed by atoms with Crippen LogP contribution in [0, 0.1) is 17.8 Å². The zero-order chi connectivity index (χ0) is 22.4. The number of carbonyl (C=O) groups excluding carboxylic acids is 2. The molecule has 0 radical (unpaired) electrons. The van der Waals surface area contributed by atoms with Crippen LogP contribution in [0.3, 0.4) is 0 Å². The molecular weight excluding hydrogens is 396 g/mol. The topological polar surface area (TPSA) is 108 Å². The first-order chi connectivity index (χ1) is 15.0. The van der Waals surface area contributed by atoms with E-state index in [2.05, 4.69) is 28.8 Å². The normalized spacial score (nSPS) is 14.8. The number of methoxy groups -OCH3 is 2. The molecule has 1 aromatic carbocycles. The molecule has 0 saturated carbocycles. The van der Waals surface area contributed by atoms with Crippen LogP contribution in [0.25, 0.3) is 0 Å². The predicted molar refractivity (Wildman–Crippen MR) is 116 cm³/mol. The van der Waals surface area contributed by atoms with Crippen molar-refractivity contribution in [1.82, 2.24) is 15.1 Å². The van der Waals surface area contributed by atoms with Gasteiger partial charge in [0.05, 0.1) is 19.8 Å². The third kappa shape index (κ3) is 5.13. The second-order valence-corrected chi connectivity index (χ2v) is 7.23. The summed E-state index contributed by atoms with van der Waals surface area (Å²) in [5.41, 5.74) is 6.56. The summed E-state index contributed by atoms with van der Waals surface area (Å²) in [6, 6.07) is 4.68. The largest absolute Gasteiger partial charge is 0.497 e. The summed E-state index contributed by atoms with van der Waals surface area (Å²) < 4.78 is 12.0. The molecule has 2 heterocycles. The molecule has 1 atom stereocenters. The minimum absolute atomic E-state index is 0.0795. The second kappa shape index (κ2) is 9.96. The Hall–Kier alpha value is -3.57. The van der Waals surface area contributed by atoms with Crippen molar-refractivity contribution in [2.24, 2.45) is 11.7 Å². The van der Waals surface area contributed by atoms with Gasteiger partial charge in [-0.3, -0.25) is 14.3 Å². The Morgan fingerprint density at radius 1 is 1.23 bits per heavy atom. The Bertz CT molecular complexity index is 1020. The minimum Gasteiger partial charge on any atom is -0.497 e. The molecule has 162 valence electrons. The number of amides is 1. The first kappa shape index (κ1) is 22.1. The van der Waals surface area contributed by atoms with Crippen molar-refractivity contribution in [1.29, 1.82) is 0 Å². The number of ether oxygens (including phenoxy) is 2. The predicted octanol–water partition coefficient (Wildman–Crippen LogP) is 1.69. The number of nitrogens with two attached hydrogens (primary N) is 1. The Morgan fingerprint density at radius 3 is 2.42 bits per heavy atom. The van der Waals surface area contributed by atoms with Crippen molar-refractivity contribution in [2.75, 3.05) is 27.3 Å². The van der Waals surface area contributed by atoms with E-state index in [1.54, 1.807) is 32.4 Å². The zero-order valence-electron chi connectivity index (χ0n) is 17.7. The highest BCUT2D eigenvalue weighted by molar-refractivity contribution is 5.95. The first-order valence-electron chi connectivity index (χ1n) is 9.97. The van der Waals surface area contributed by atoms with Gasteiger partial charge in [0.15, 0.2) is 5.78 Å². The van der Waals surface area contributed by atoms with Gasteiger partial charge in [-0.1, -0.05) is 12.5 Å². The van der Waals surface area contributed by atoms with Gasteiger partial charge in [-0.15, -0.1) is 0 Å². The molecule has 1 aromatic heterocycles. The highest BCUT2D eigenvalue weighted by Gasteiger charge is 2.31. The Balaban J connectivity index is 2.01. The lowest BCUT2D eigenvalue weighted by molar-refractivity contribution is -0.119. The fraction of sp³-hybridized carbons (Fsp3) is 0.348. The number of carbonyl (C=O) groups is 2. The maximum Gasteiger partial charge on any atom is 0.253 e. The molecule has 31 heavy (non-hydrogen) atoms. The number of benzene rings is 1. The molecule has 1 amide bonds. The molecule has 1 fully saturated rings. The third-order valence-electron chi connectivity index (χ3n) is 5.28. The van der Waals surface area contributed by atoms with Crippen molar-refractivity contribution in [3.05, 3.63) is 53.9 Å². The molecule has 1 saturated heterocycles. The van der Waals surface area contributed by atoms with Crippen LogP contribution in [0.1, 0.15) is 40.5 Å². The number of piperidine rings is 1. The van der Waals surface area contributed by atoms with Crippen molar-refractivity contribution in [3.8, 4) is 23.3 Å². The smallest absolute Gasteiger partial charge is 0.253 e. The number of nitrogens with zero attached hydrogens (tertiary/aromatic N) is 2. The van der Waals surface area contributed by atoms with Crippen LogP contribution < -0.4 is 20.5 Å². The quantitative estimate of drug-likeness (QED) is 0.519. The van der Waals surface area contributed by atoms with Crippen molar-refractivity contribution >= 4 is 11.7 Å². The molecule has 1 aliphatic rings. The lowest BCUT2D eigenvalue weighted by Gasteiger charge is -2.29. The molecule has 3 N–H and O–H groups in total. The number of aromatic nitrogens is 2. The van der Waals surface area contributed by atoms with Gasteiger partial charge in [0.1, 0.15) is 23.2 Å². The van der Waals surface area contributed by atoms with Gasteiger partial charge < -0.3 is 20.5 Å². The number of hydrogen-bond acceptors (Lipinski definition) is 6. The summed E-state index contributed by atoms with van der Waals surface area (Å²) in [6.45, 7) is 5.26. The highest BCUT2D eigenvalue weighted by Crippen LogP contribution is 2.28. The van der Waals surface area contributed by atoms with Crippen molar-refractivity contribution in [2.45, 2.75) is 18.9 Å². The van der Waals surface area contributed by atoms with Gasteiger partial charge in [0.2, 0.25) is 0 Å². The molecule has 8 nitrogen and oxygen atoms in total. The van der Waals surface area contributed by atoms with E-state index in [1.165, 1.54) is 17.0 Å².